The maximum Gasteiger partial charge on any atom is 0.233 e. The largest absolute Gasteiger partial charge is 0.490 e. The minimum absolute atomic E-state index is 0.0253. The molecule has 0 spiro atoms. The highest BCUT2D eigenvalue weighted by Gasteiger charge is 2.23. The molecular weight excluding hydrogens is 418 g/mol. The summed E-state index contributed by atoms with van der Waals surface area (Å²) in [5.74, 6) is 0.527. The Balaban J connectivity index is 1.45. The van der Waals surface area contributed by atoms with Crippen LogP contribution in [-0.2, 0) is 27.7 Å². The molecule has 0 aliphatic carbocycles. The molecule has 0 saturated heterocycles. The Hall–Kier alpha value is -2.62. The minimum atomic E-state index is -3.28. The highest BCUT2D eigenvalue weighted by atomic mass is 32.2. The molecule has 0 bridgehead atoms. The molecule has 0 aromatic heterocycles. The van der Waals surface area contributed by atoms with Crippen molar-refractivity contribution in [2.24, 2.45) is 0 Å². The molecule has 9 heteroatoms. The lowest BCUT2D eigenvalue weighted by molar-refractivity contribution is -0.114. The van der Waals surface area contributed by atoms with Crippen molar-refractivity contribution in [3.63, 3.8) is 0 Å². The van der Waals surface area contributed by atoms with Crippen molar-refractivity contribution < 1.29 is 23.1 Å². The zero-order valence-corrected chi connectivity index (χ0v) is 18.6. The van der Waals surface area contributed by atoms with Gasteiger partial charge in [0.15, 0.2) is 0 Å². The van der Waals surface area contributed by atoms with Crippen molar-refractivity contribution in [3.8, 4) is 5.75 Å². The molecule has 1 amide bonds. The predicted molar refractivity (Wildman–Crippen MR) is 121 cm³/mol. The van der Waals surface area contributed by atoms with Crippen molar-refractivity contribution >= 4 is 27.3 Å². The van der Waals surface area contributed by atoms with E-state index in [1.54, 1.807) is 18.2 Å². The van der Waals surface area contributed by atoms with Gasteiger partial charge in [0.25, 0.3) is 0 Å². The van der Waals surface area contributed by atoms with Crippen LogP contribution in [0.3, 0.4) is 0 Å². The van der Waals surface area contributed by atoms with Gasteiger partial charge >= 0.3 is 0 Å². The second kappa shape index (κ2) is 10.1. The minimum Gasteiger partial charge on any atom is -0.490 e. The number of nitrogens with zero attached hydrogens (tertiary/aromatic N) is 1. The Morgan fingerprint density at radius 1 is 1.26 bits per heavy atom. The number of aliphatic hydroxyl groups is 1. The summed E-state index contributed by atoms with van der Waals surface area (Å²) < 4.78 is 31.8. The monoisotopic (exact) mass is 447 g/mol. The fourth-order valence-electron chi connectivity index (χ4n) is 3.48. The standard InChI is InChI=1S/C22H29N3O5S/c1-16(26)23-18-8-6-17(7-9-18)10-12-25(2)14-19(27)15-30-22-5-3-4-21-20(22)11-13-31(28,29)24-21/h3-9,19,24,27H,10-15H2,1-2H3,(H,23,26). The van der Waals surface area contributed by atoms with Gasteiger partial charge in [-0.25, -0.2) is 8.42 Å². The summed E-state index contributed by atoms with van der Waals surface area (Å²) in [6.45, 7) is 2.81. The van der Waals surface area contributed by atoms with Crippen LogP contribution < -0.4 is 14.8 Å². The number of aliphatic hydroxyl groups excluding tert-OH is 1. The van der Waals surface area contributed by atoms with Crippen LogP contribution in [0.4, 0.5) is 11.4 Å². The first-order valence-electron chi connectivity index (χ1n) is 10.2. The zero-order chi connectivity index (χ0) is 22.4. The first kappa shape index (κ1) is 23.1. The number of benzene rings is 2. The van der Waals surface area contributed by atoms with Crippen LogP contribution in [0.15, 0.2) is 42.5 Å². The van der Waals surface area contributed by atoms with Crippen LogP contribution in [0.25, 0.3) is 0 Å². The lowest BCUT2D eigenvalue weighted by Crippen LogP contribution is -2.34. The molecule has 3 N–H and O–H groups in total. The molecule has 0 saturated carbocycles. The van der Waals surface area contributed by atoms with Gasteiger partial charge in [-0.1, -0.05) is 18.2 Å². The third-order valence-electron chi connectivity index (χ3n) is 5.03. The molecule has 2 aromatic rings. The second-order valence-corrected chi connectivity index (χ2v) is 9.65. The summed E-state index contributed by atoms with van der Waals surface area (Å²) in [6, 6.07) is 12.9. The number of amides is 1. The molecule has 168 valence electrons. The van der Waals surface area contributed by atoms with Crippen LogP contribution in [0.2, 0.25) is 0 Å². The summed E-state index contributed by atoms with van der Waals surface area (Å²) >= 11 is 0. The number of hydrogen-bond donors (Lipinski definition) is 3. The van der Waals surface area contributed by atoms with Crippen LogP contribution in [0.5, 0.6) is 5.75 Å². The van der Waals surface area contributed by atoms with Gasteiger partial charge in [0, 0.05) is 31.3 Å². The molecule has 8 nitrogen and oxygen atoms in total. The van der Waals surface area contributed by atoms with E-state index in [1.165, 1.54) is 6.92 Å². The summed E-state index contributed by atoms with van der Waals surface area (Å²) in [6.07, 6.45) is 0.525. The molecule has 0 radical (unpaired) electrons. The van der Waals surface area contributed by atoms with E-state index < -0.39 is 16.1 Å². The Labute approximate surface area is 183 Å². The molecule has 0 fully saturated rings. The molecule has 3 rings (SSSR count). The van der Waals surface area contributed by atoms with Crippen LogP contribution in [-0.4, -0.2) is 62.9 Å². The van der Waals surface area contributed by atoms with Crippen LogP contribution in [0, 0.1) is 0 Å². The molecule has 1 aliphatic rings. The van der Waals surface area contributed by atoms with Gasteiger partial charge in [-0.3, -0.25) is 9.52 Å². The van der Waals surface area contributed by atoms with Gasteiger partial charge in [-0.05, 0) is 49.7 Å². The van der Waals surface area contributed by atoms with Gasteiger partial charge in [0.1, 0.15) is 18.5 Å². The SMILES string of the molecule is CC(=O)Nc1ccc(CCN(C)CC(O)COc2cccc3c2CCS(=O)(=O)N3)cc1. The van der Waals surface area contributed by atoms with E-state index in [4.69, 9.17) is 4.74 Å². The fourth-order valence-corrected chi connectivity index (χ4v) is 4.58. The van der Waals surface area contributed by atoms with Crippen molar-refractivity contribution in [2.75, 3.05) is 42.5 Å². The van der Waals surface area contributed by atoms with E-state index in [0.29, 0.717) is 24.4 Å². The Morgan fingerprint density at radius 2 is 2.00 bits per heavy atom. The van der Waals surface area contributed by atoms with E-state index in [1.807, 2.05) is 36.2 Å². The maximum atomic E-state index is 11.7. The number of sulfonamides is 1. The number of rotatable bonds is 9. The quantitative estimate of drug-likeness (QED) is 0.542. The molecule has 1 heterocycles. The van der Waals surface area contributed by atoms with Gasteiger partial charge in [0.05, 0.1) is 11.4 Å². The van der Waals surface area contributed by atoms with Crippen molar-refractivity contribution in [1.82, 2.24) is 4.90 Å². The highest BCUT2D eigenvalue weighted by Crippen LogP contribution is 2.31. The maximum absolute atomic E-state index is 11.7. The average Bonchev–Trinajstić information content (AvgIpc) is 2.70. The molecule has 1 aliphatic heterocycles. The smallest absolute Gasteiger partial charge is 0.233 e. The van der Waals surface area contributed by atoms with E-state index in [0.717, 1.165) is 29.8 Å². The van der Waals surface area contributed by atoms with Crippen LogP contribution >= 0.6 is 0 Å². The van der Waals surface area contributed by atoms with E-state index in [9.17, 15) is 18.3 Å². The Morgan fingerprint density at radius 3 is 2.71 bits per heavy atom. The second-order valence-electron chi connectivity index (χ2n) is 7.81. The van der Waals surface area contributed by atoms with Crippen LogP contribution in [0.1, 0.15) is 18.1 Å². The number of fused-ring (bicyclic) bond motifs is 1. The zero-order valence-electron chi connectivity index (χ0n) is 17.8. The molecule has 1 atom stereocenters. The lowest BCUT2D eigenvalue weighted by atomic mass is 10.1. The number of ether oxygens (including phenoxy) is 1. The molecule has 2 aromatic carbocycles. The Bertz CT molecular complexity index is 1010. The fraction of sp³-hybridized carbons (Fsp3) is 0.409. The Kier molecular flexibility index (Phi) is 7.53. The average molecular weight is 448 g/mol. The summed E-state index contributed by atoms with van der Waals surface area (Å²) in [4.78, 5) is 13.1. The first-order valence-corrected chi connectivity index (χ1v) is 11.9. The van der Waals surface area contributed by atoms with Gasteiger partial charge in [-0.15, -0.1) is 0 Å². The number of anilines is 2. The van der Waals surface area contributed by atoms with Crippen molar-refractivity contribution in [2.45, 2.75) is 25.9 Å². The number of nitrogens with one attached hydrogen (secondary N) is 2. The number of carbonyl (C=O) groups is 1. The van der Waals surface area contributed by atoms with Gasteiger partial charge in [0.2, 0.25) is 15.9 Å². The number of carbonyl (C=O) groups excluding carboxylic acids is 1. The van der Waals surface area contributed by atoms with E-state index >= 15 is 0 Å². The van der Waals surface area contributed by atoms with E-state index in [2.05, 4.69) is 10.0 Å². The molecule has 31 heavy (non-hydrogen) atoms. The van der Waals surface area contributed by atoms with Crippen molar-refractivity contribution in [1.29, 1.82) is 0 Å². The third kappa shape index (κ3) is 6.95. The first-order chi connectivity index (χ1) is 14.7. The summed E-state index contributed by atoms with van der Waals surface area (Å²) in [5.41, 5.74) is 3.28. The highest BCUT2D eigenvalue weighted by molar-refractivity contribution is 7.92. The number of hydrogen-bond acceptors (Lipinski definition) is 6. The van der Waals surface area contributed by atoms with Gasteiger partial charge in [-0.2, -0.15) is 0 Å². The molecular formula is C22H29N3O5S. The summed E-state index contributed by atoms with van der Waals surface area (Å²) in [5, 5.41) is 13.1. The van der Waals surface area contributed by atoms with E-state index in [-0.39, 0.29) is 18.3 Å². The normalized spacial score (nSPS) is 15.6. The van der Waals surface area contributed by atoms with Gasteiger partial charge < -0.3 is 20.1 Å². The summed E-state index contributed by atoms with van der Waals surface area (Å²) in [7, 11) is -1.34. The number of likely N-dealkylation sites (N-methyl/N-ethyl adjacent to an activating group) is 1. The third-order valence-corrected chi connectivity index (χ3v) is 6.30. The molecule has 1 unspecified atom stereocenters. The predicted octanol–water partition coefficient (Wildman–Crippen LogP) is 1.86. The van der Waals surface area contributed by atoms with Crippen molar-refractivity contribution in [3.05, 3.63) is 53.6 Å². The lowest BCUT2D eigenvalue weighted by Gasteiger charge is -2.23. The topological polar surface area (TPSA) is 108 Å².